The lowest BCUT2D eigenvalue weighted by Gasteiger charge is -2.28. The van der Waals surface area contributed by atoms with E-state index in [1.54, 1.807) is 0 Å². The van der Waals surface area contributed by atoms with Gasteiger partial charge in [-0.1, -0.05) is 55.5 Å². The largest absolute Gasteiger partial charge is 0.324 e. The number of hydrogen-bond acceptors (Lipinski definition) is 1. The Bertz CT molecular complexity index is 602. The molecule has 0 bridgehead atoms. The van der Waals surface area contributed by atoms with Crippen molar-refractivity contribution in [3.63, 3.8) is 0 Å². The molecule has 1 nitrogen and oxygen atoms in total. The van der Waals surface area contributed by atoms with E-state index in [0.29, 0.717) is 5.92 Å². The van der Waals surface area contributed by atoms with Crippen LogP contribution < -0.4 is 5.73 Å². The van der Waals surface area contributed by atoms with Crippen LogP contribution in [-0.2, 0) is 12.8 Å². The minimum atomic E-state index is 0.150. The van der Waals surface area contributed by atoms with Crippen LogP contribution in [0.4, 0.5) is 0 Å². The van der Waals surface area contributed by atoms with Gasteiger partial charge in [0.2, 0.25) is 0 Å². The highest BCUT2D eigenvalue weighted by Crippen LogP contribution is 2.37. The van der Waals surface area contributed by atoms with Gasteiger partial charge in [-0.15, -0.1) is 0 Å². The summed E-state index contributed by atoms with van der Waals surface area (Å²) in [6.45, 7) is 2.21. The van der Waals surface area contributed by atoms with Crippen molar-refractivity contribution in [2.45, 2.75) is 51.0 Å². The molecule has 1 aliphatic carbocycles. The maximum atomic E-state index is 6.56. The molecule has 1 heteroatoms. The Morgan fingerprint density at radius 3 is 2.71 bits per heavy atom. The summed E-state index contributed by atoms with van der Waals surface area (Å²) in [6.07, 6.45) is 5.93. The molecule has 110 valence electrons. The van der Waals surface area contributed by atoms with Crippen LogP contribution in [0.15, 0.2) is 48.5 Å². The zero-order valence-corrected chi connectivity index (χ0v) is 12.9. The predicted molar refractivity (Wildman–Crippen MR) is 89.5 cm³/mol. The van der Waals surface area contributed by atoms with Crippen molar-refractivity contribution in [2.75, 3.05) is 0 Å². The normalized spacial score (nSPS) is 19.0. The maximum absolute atomic E-state index is 6.56. The Labute approximate surface area is 128 Å². The molecule has 2 aromatic rings. The number of rotatable bonds is 4. The van der Waals surface area contributed by atoms with Crippen LogP contribution in [0.25, 0.3) is 0 Å². The molecular weight excluding hydrogens is 254 g/mol. The lowest BCUT2D eigenvalue weighted by molar-refractivity contribution is 0.475. The third kappa shape index (κ3) is 3.03. The van der Waals surface area contributed by atoms with Gasteiger partial charge < -0.3 is 5.73 Å². The third-order valence-corrected chi connectivity index (χ3v) is 4.87. The lowest BCUT2D eigenvalue weighted by Crippen LogP contribution is -2.19. The fourth-order valence-corrected chi connectivity index (χ4v) is 3.75. The van der Waals surface area contributed by atoms with Gasteiger partial charge in [0.1, 0.15) is 0 Å². The highest BCUT2D eigenvalue weighted by Gasteiger charge is 2.23. The number of nitrogens with two attached hydrogens (primary N) is 1. The molecule has 0 aromatic heterocycles. The summed E-state index contributed by atoms with van der Waals surface area (Å²) in [5.74, 6) is 0.620. The third-order valence-electron chi connectivity index (χ3n) is 4.87. The standard InChI is InChI=1S/C20H25N/c1-2-15-8-3-6-13-19(15)20(21)14-17-11-7-10-16-9-4-5-12-18(16)17/h3-6,8-9,12-13,17,20H,2,7,10-11,14,21H2,1H3. The van der Waals surface area contributed by atoms with Gasteiger partial charge in [-0.05, 0) is 60.3 Å². The Morgan fingerprint density at radius 2 is 1.86 bits per heavy atom. The van der Waals surface area contributed by atoms with Gasteiger partial charge in [-0.2, -0.15) is 0 Å². The molecule has 0 spiro atoms. The van der Waals surface area contributed by atoms with Crippen LogP contribution in [0.2, 0.25) is 0 Å². The number of hydrogen-bond donors (Lipinski definition) is 1. The molecule has 0 saturated heterocycles. The van der Waals surface area contributed by atoms with Crippen LogP contribution in [-0.4, -0.2) is 0 Å². The van der Waals surface area contributed by atoms with E-state index in [2.05, 4.69) is 55.5 Å². The van der Waals surface area contributed by atoms with Crippen molar-refractivity contribution in [3.05, 3.63) is 70.8 Å². The minimum Gasteiger partial charge on any atom is -0.324 e. The van der Waals surface area contributed by atoms with Gasteiger partial charge in [0, 0.05) is 6.04 Å². The molecule has 0 amide bonds. The highest BCUT2D eigenvalue weighted by atomic mass is 14.6. The molecule has 1 aliphatic rings. The van der Waals surface area contributed by atoms with Crippen LogP contribution in [0, 0.1) is 0 Å². The second kappa shape index (κ2) is 6.44. The van der Waals surface area contributed by atoms with Gasteiger partial charge in [0.05, 0.1) is 0 Å². The van der Waals surface area contributed by atoms with E-state index in [4.69, 9.17) is 5.73 Å². The van der Waals surface area contributed by atoms with Crippen molar-refractivity contribution in [3.8, 4) is 0 Å². The average molecular weight is 279 g/mol. The molecule has 3 rings (SSSR count). The van der Waals surface area contributed by atoms with Gasteiger partial charge >= 0.3 is 0 Å². The zero-order chi connectivity index (χ0) is 14.7. The van der Waals surface area contributed by atoms with Gasteiger partial charge in [-0.3, -0.25) is 0 Å². The second-order valence-corrected chi connectivity index (χ2v) is 6.18. The predicted octanol–water partition coefficient (Wildman–Crippen LogP) is 4.76. The number of fused-ring (bicyclic) bond motifs is 1. The summed E-state index contributed by atoms with van der Waals surface area (Å²) in [7, 11) is 0. The monoisotopic (exact) mass is 279 g/mol. The van der Waals surface area contributed by atoms with E-state index in [0.717, 1.165) is 12.8 Å². The van der Waals surface area contributed by atoms with E-state index >= 15 is 0 Å². The molecular formula is C20H25N. The number of aryl methyl sites for hydroxylation is 2. The van der Waals surface area contributed by atoms with Gasteiger partial charge in [0.25, 0.3) is 0 Å². The summed E-state index contributed by atoms with van der Waals surface area (Å²) >= 11 is 0. The Hall–Kier alpha value is -1.60. The van der Waals surface area contributed by atoms with Crippen molar-refractivity contribution < 1.29 is 0 Å². The second-order valence-electron chi connectivity index (χ2n) is 6.18. The molecule has 0 aliphatic heterocycles. The first-order valence-electron chi connectivity index (χ1n) is 8.20. The van der Waals surface area contributed by atoms with Crippen LogP contribution >= 0.6 is 0 Å². The van der Waals surface area contributed by atoms with E-state index in [1.807, 2.05) is 0 Å². The topological polar surface area (TPSA) is 26.0 Å². The van der Waals surface area contributed by atoms with Gasteiger partial charge in [-0.25, -0.2) is 0 Å². The summed E-state index contributed by atoms with van der Waals surface area (Å²) < 4.78 is 0. The van der Waals surface area contributed by atoms with Crippen molar-refractivity contribution in [1.82, 2.24) is 0 Å². The Morgan fingerprint density at radius 1 is 1.10 bits per heavy atom. The lowest BCUT2D eigenvalue weighted by atomic mass is 9.78. The van der Waals surface area contributed by atoms with Crippen molar-refractivity contribution in [2.24, 2.45) is 5.73 Å². The summed E-state index contributed by atoms with van der Waals surface area (Å²) in [6, 6.07) is 17.7. The quantitative estimate of drug-likeness (QED) is 0.858. The smallest absolute Gasteiger partial charge is 0.0303 e. The van der Waals surface area contributed by atoms with Crippen molar-refractivity contribution >= 4 is 0 Å². The molecule has 2 aromatic carbocycles. The van der Waals surface area contributed by atoms with Crippen LogP contribution in [0.3, 0.4) is 0 Å². The van der Waals surface area contributed by atoms with E-state index in [-0.39, 0.29) is 6.04 Å². The van der Waals surface area contributed by atoms with E-state index in [9.17, 15) is 0 Å². The highest BCUT2D eigenvalue weighted by molar-refractivity contribution is 5.34. The summed E-state index contributed by atoms with van der Waals surface area (Å²) in [5, 5.41) is 0. The molecule has 2 atom stereocenters. The fourth-order valence-electron chi connectivity index (χ4n) is 3.75. The molecule has 21 heavy (non-hydrogen) atoms. The first-order chi connectivity index (χ1) is 10.3. The maximum Gasteiger partial charge on any atom is 0.0303 e. The van der Waals surface area contributed by atoms with Crippen molar-refractivity contribution in [1.29, 1.82) is 0 Å². The summed E-state index contributed by atoms with van der Waals surface area (Å²) in [4.78, 5) is 0. The number of benzene rings is 2. The molecule has 2 unspecified atom stereocenters. The SMILES string of the molecule is CCc1ccccc1C(N)CC1CCCc2ccccc21. The fraction of sp³-hybridized carbons (Fsp3) is 0.400. The molecule has 2 N–H and O–H groups in total. The summed E-state index contributed by atoms with van der Waals surface area (Å²) in [5.41, 5.74) is 12.4. The molecule has 0 fully saturated rings. The van der Waals surface area contributed by atoms with Crippen LogP contribution in [0.1, 0.15) is 60.4 Å². The first-order valence-corrected chi connectivity index (χ1v) is 8.20. The van der Waals surface area contributed by atoms with E-state index in [1.165, 1.54) is 41.5 Å². The first kappa shape index (κ1) is 14.3. The molecule has 0 saturated carbocycles. The van der Waals surface area contributed by atoms with E-state index < -0.39 is 0 Å². The van der Waals surface area contributed by atoms with Gasteiger partial charge in [0.15, 0.2) is 0 Å². The zero-order valence-electron chi connectivity index (χ0n) is 12.9. The Kier molecular flexibility index (Phi) is 4.40. The minimum absolute atomic E-state index is 0.150. The molecule has 0 radical (unpaired) electrons. The molecule has 0 heterocycles. The Balaban J connectivity index is 1.81. The van der Waals surface area contributed by atoms with Crippen LogP contribution in [0.5, 0.6) is 0 Å². The average Bonchev–Trinajstić information content (AvgIpc) is 2.55.